The third-order valence-corrected chi connectivity index (χ3v) is 7.21. The van der Waals surface area contributed by atoms with Gasteiger partial charge in [-0.3, -0.25) is 9.88 Å². The fourth-order valence-electron chi connectivity index (χ4n) is 5.22. The van der Waals surface area contributed by atoms with Crippen molar-refractivity contribution in [1.29, 1.82) is 0 Å². The molecule has 7 heteroatoms. The van der Waals surface area contributed by atoms with Crippen LogP contribution in [-0.4, -0.2) is 38.7 Å². The van der Waals surface area contributed by atoms with E-state index in [0.717, 1.165) is 24.9 Å². The summed E-state index contributed by atoms with van der Waals surface area (Å²) in [5, 5.41) is 5.45. The normalized spacial score (nSPS) is 26.7. The average molecular weight is 429 g/mol. The van der Waals surface area contributed by atoms with E-state index >= 15 is 0 Å². The standard InChI is InChI=1S/C22H22Cl2N4O/c1-2-28-15-4-6-19(28)20(16(12-15)14-3-5-17(23)18(24)11-14)22-26-21(27-29-22)13-7-9-25-10-8-13/h3,5,7-11,15-16,19-20H,2,4,6,12H2,1H3/t15?,16-,19-,20-/m1/s1. The van der Waals surface area contributed by atoms with Crippen LogP contribution in [0.4, 0.5) is 0 Å². The van der Waals surface area contributed by atoms with Gasteiger partial charge in [0.1, 0.15) is 0 Å². The largest absolute Gasteiger partial charge is 0.339 e. The van der Waals surface area contributed by atoms with Gasteiger partial charge in [0.2, 0.25) is 11.7 Å². The Morgan fingerprint density at radius 3 is 2.69 bits per heavy atom. The molecule has 0 radical (unpaired) electrons. The molecule has 5 nitrogen and oxygen atoms in total. The van der Waals surface area contributed by atoms with Crippen molar-refractivity contribution in [1.82, 2.24) is 20.0 Å². The Labute approximate surface area is 180 Å². The van der Waals surface area contributed by atoms with Crippen LogP contribution in [0.25, 0.3) is 11.4 Å². The molecule has 2 fully saturated rings. The number of benzene rings is 1. The van der Waals surface area contributed by atoms with E-state index in [1.165, 1.54) is 12.0 Å². The van der Waals surface area contributed by atoms with Crippen LogP contribution in [0.1, 0.15) is 49.5 Å². The number of hydrogen-bond acceptors (Lipinski definition) is 5. The summed E-state index contributed by atoms with van der Waals surface area (Å²) in [4.78, 5) is 11.5. The first-order valence-corrected chi connectivity index (χ1v) is 10.9. The summed E-state index contributed by atoms with van der Waals surface area (Å²) in [7, 11) is 0. The van der Waals surface area contributed by atoms with E-state index in [9.17, 15) is 0 Å². The van der Waals surface area contributed by atoms with Gasteiger partial charge in [-0.15, -0.1) is 0 Å². The predicted molar refractivity (Wildman–Crippen MR) is 113 cm³/mol. The number of pyridine rings is 1. The minimum absolute atomic E-state index is 0.133. The van der Waals surface area contributed by atoms with E-state index in [1.54, 1.807) is 12.4 Å². The second kappa shape index (κ2) is 7.71. The van der Waals surface area contributed by atoms with E-state index < -0.39 is 0 Å². The first kappa shape index (κ1) is 19.0. The SMILES string of the molecule is CCN1C2CC[C@@H]1[C@H](c1nc(-c3ccncc3)no1)[C@@H](c1ccc(Cl)c(Cl)c1)C2. The molecule has 2 aliphatic rings. The number of nitrogens with zero attached hydrogens (tertiary/aromatic N) is 4. The quantitative estimate of drug-likeness (QED) is 0.543. The van der Waals surface area contributed by atoms with Gasteiger partial charge in [0.15, 0.2) is 0 Å². The summed E-state index contributed by atoms with van der Waals surface area (Å²) >= 11 is 12.5. The number of fused-ring (bicyclic) bond motifs is 2. The lowest BCUT2D eigenvalue weighted by molar-refractivity contribution is 0.0979. The van der Waals surface area contributed by atoms with Crippen molar-refractivity contribution in [3.63, 3.8) is 0 Å². The summed E-state index contributed by atoms with van der Waals surface area (Å²) in [6, 6.07) is 10.8. The molecule has 3 aromatic rings. The maximum absolute atomic E-state index is 6.36. The maximum atomic E-state index is 6.36. The number of aromatic nitrogens is 3. The predicted octanol–water partition coefficient (Wildman–Crippen LogP) is 5.56. The van der Waals surface area contributed by atoms with Crippen molar-refractivity contribution in [2.45, 2.75) is 50.1 Å². The molecule has 0 N–H and O–H groups in total. The second-order valence-corrected chi connectivity index (χ2v) is 8.68. The highest BCUT2D eigenvalue weighted by atomic mass is 35.5. The molecule has 2 aromatic heterocycles. The Kier molecular flexibility index (Phi) is 5.06. The van der Waals surface area contributed by atoms with E-state index in [1.807, 2.05) is 24.3 Å². The molecule has 0 aliphatic carbocycles. The Bertz CT molecular complexity index is 1010. The van der Waals surface area contributed by atoms with Crippen LogP contribution in [0.3, 0.4) is 0 Å². The van der Waals surface area contributed by atoms with Gasteiger partial charge in [-0.05, 0) is 61.6 Å². The molecule has 0 spiro atoms. The number of hydrogen-bond donors (Lipinski definition) is 0. The number of rotatable bonds is 4. The zero-order chi connectivity index (χ0) is 20.0. The molecular weight excluding hydrogens is 407 g/mol. The molecule has 2 bridgehead atoms. The van der Waals surface area contributed by atoms with Crippen molar-refractivity contribution in [3.8, 4) is 11.4 Å². The minimum Gasteiger partial charge on any atom is -0.339 e. The number of halogens is 2. The summed E-state index contributed by atoms with van der Waals surface area (Å²) < 4.78 is 5.84. The molecule has 4 atom stereocenters. The molecule has 29 heavy (non-hydrogen) atoms. The van der Waals surface area contributed by atoms with E-state index in [2.05, 4.69) is 28.0 Å². The van der Waals surface area contributed by atoms with E-state index in [0.29, 0.717) is 33.8 Å². The minimum atomic E-state index is 0.133. The highest BCUT2D eigenvalue weighted by Gasteiger charge is 2.49. The van der Waals surface area contributed by atoms with Gasteiger partial charge in [0, 0.05) is 30.0 Å². The van der Waals surface area contributed by atoms with Crippen LogP contribution in [0, 0.1) is 0 Å². The summed E-state index contributed by atoms with van der Waals surface area (Å²) in [6.07, 6.45) is 6.89. The Morgan fingerprint density at radius 1 is 1.10 bits per heavy atom. The summed E-state index contributed by atoms with van der Waals surface area (Å²) in [5.74, 6) is 1.72. The Balaban J connectivity index is 1.56. The highest BCUT2D eigenvalue weighted by molar-refractivity contribution is 6.42. The van der Waals surface area contributed by atoms with Crippen LogP contribution in [0.15, 0.2) is 47.2 Å². The fraction of sp³-hybridized carbons (Fsp3) is 0.409. The van der Waals surface area contributed by atoms with Crippen LogP contribution >= 0.6 is 23.2 Å². The molecule has 5 rings (SSSR count). The van der Waals surface area contributed by atoms with Gasteiger partial charge in [-0.25, -0.2) is 0 Å². The van der Waals surface area contributed by atoms with Crippen molar-refractivity contribution in [2.75, 3.05) is 6.54 Å². The van der Waals surface area contributed by atoms with Gasteiger partial charge in [0.05, 0.1) is 16.0 Å². The van der Waals surface area contributed by atoms with Crippen molar-refractivity contribution in [2.24, 2.45) is 0 Å². The van der Waals surface area contributed by atoms with Crippen LogP contribution in [0.2, 0.25) is 10.0 Å². The molecule has 2 aliphatic heterocycles. The van der Waals surface area contributed by atoms with Gasteiger partial charge in [-0.1, -0.05) is 41.3 Å². The fourth-order valence-corrected chi connectivity index (χ4v) is 5.52. The lowest BCUT2D eigenvalue weighted by Gasteiger charge is -2.43. The number of piperidine rings is 1. The first-order chi connectivity index (χ1) is 14.2. The maximum Gasteiger partial charge on any atom is 0.232 e. The molecular formula is C22H22Cl2N4O. The van der Waals surface area contributed by atoms with Crippen LogP contribution in [0.5, 0.6) is 0 Å². The summed E-state index contributed by atoms with van der Waals surface area (Å²) in [5.41, 5.74) is 2.11. The summed E-state index contributed by atoms with van der Waals surface area (Å²) in [6.45, 7) is 3.27. The van der Waals surface area contributed by atoms with Gasteiger partial charge < -0.3 is 4.52 Å². The molecule has 0 saturated carbocycles. The van der Waals surface area contributed by atoms with E-state index in [-0.39, 0.29) is 11.8 Å². The molecule has 2 saturated heterocycles. The van der Waals surface area contributed by atoms with Crippen molar-refractivity contribution < 1.29 is 4.52 Å². The Hall–Kier alpha value is -1.95. The number of likely N-dealkylation sites (N-methyl/N-ethyl adjacent to an activating group) is 1. The van der Waals surface area contributed by atoms with Crippen molar-refractivity contribution in [3.05, 3.63) is 64.2 Å². The molecule has 1 unspecified atom stereocenters. The average Bonchev–Trinajstić information content (AvgIpc) is 3.34. The van der Waals surface area contributed by atoms with E-state index in [4.69, 9.17) is 32.7 Å². The highest BCUT2D eigenvalue weighted by Crippen LogP contribution is 2.51. The second-order valence-electron chi connectivity index (χ2n) is 7.86. The molecule has 1 aromatic carbocycles. The molecule has 4 heterocycles. The van der Waals surface area contributed by atoms with Crippen molar-refractivity contribution >= 4 is 23.2 Å². The third-order valence-electron chi connectivity index (χ3n) is 6.47. The Morgan fingerprint density at radius 2 is 1.93 bits per heavy atom. The molecule has 150 valence electrons. The smallest absolute Gasteiger partial charge is 0.232 e. The van der Waals surface area contributed by atoms with Gasteiger partial charge in [0.25, 0.3) is 0 Å². The van der Waals surface area contributed by atoms with Gasteiger partial charge >= 0.3 is 0 Å². The monoisotopic (exact) mass is 428 g/mol. The third kappa shape index (κ3) is 3.35. The molecule has 0 amide bonds. The zero-order valence-electron chi connectivity index (χ0n) is 16.1. The first-order valence-electron chi connectivity index (χ1n) is 10.1. The van der Waals surface area contributed by atoms with Gasteiger partial charge in [-0.2, -0.15) is 4.98 Å². The van der Waals surface area contributed by atoms with Crippen LogP contribution < -0.4 is 0 Å². The topological polar surface area (TPSA) is 55.1 Å². The lowest BCUT2D eigenvalue weighted by atomic mass is 9.76. The lowest BCUT2D eigenvalue weighted by Crippen LogP contribution is -2.46. The zero-order valence-corrected chi connectivity index (χ0v) is 17.6. The van der Waals surface area contributed by atoms with Crippen LogP contribution in [-0.2, 0) is 0 Å².